The first-order valence-corrected chi connectivity index (χ1v) is 6.12. The van der Waals surface area contributed by atoms with Crippen LogP contribution in [0.2, 0.25) is 0 Å². The van der Waals surface area contributed by atoms with Crippen molar-refractivity contribution >= 4 is 23.2 Å². The van der Waals surface area contributed by atoms with Crippen molar-refractivity contribution in [2.24, 2.45) is 11.7 Å². The fourth-order valence-electron chi connectivity index (χ4n) is 2.04. The minimum absolute atomic E-state index is 0.136. The van der Waals surface area contributed by atoms with Gasteiger partial charge in [0.25, 0.3) is 0 Å². The highest BCUT2D eigenvalue weighted by Gasteiger charge is 2.21. The maximum absolute atomic E-state index is 10.9. The van der Waals surface area contributed by atoms with E-state index < -0.39 is 0 Å². The van der Waals surface area contributed by atoms with E-state index in [1.807, 2.05) is 0 Å². The number of nitrogens with two attached hydrogens (primary N) is 1. The van der Waals surface area contributed by atoms with Crippen LogP contribution in [0.5, 0.6) is 0 Å². The zero-order chi connectivity index (χ0) is 12.0. The molecule has 1 saturated heterocycles. The fourth-order valence-corrected chi connectivity index (χ4v) is 2.23. The Hall–Kier alpha value is -0.680. The van der Waals surface area contributed by atoms with Gasteiger partial charge in [-0.2, -0.15) is 0 Å². The summed E-state index contributed by atoms with van der Waals surface area (Å²) >= 11 is 5.02. The van der Waals surface area contributed by atoms with Crippen molar-refractivity contribution in [3.63, 3.8) is 0 Å². The molecule has 5 heteroatoms. The van der Waals surface area contributed by atoms with Crippen LogP contribution < -0.4 is 5.73 Å². The molecule has 1 heterocycles. The molecule has 0 aliphatic carbocycles. The van der Waals surface area contributed by atoms with Gasteiger partial charge in [-0.3, -0.25) is 4.79 Å². The molecule has 0 amide bonds. The normalized spacial score (nSPS) is 21.7. The molecular formula is C11H20N2O2S. The van der Waals surface area contributed by atoms with Crippen molar-refractivity contribution in [3.05, 3.63) is 0 Å². The molecular weight excluding hydrogens is 224 g/mol. The molecule has 4 nitrogen and oxygen atoms in total. The number of piperidine rings is 1. The van der Waals surface area contributed by atoms with Crippen molar-refractivity contribution < 1.29 is 9.53 Å². The Morgan fingerprint density at radius 2 is 2.38 bits per heavy atom. The number of carbonyl (C=O) groups excluding carboxylic acids is 1. The third-order valence-corrected chi connectivity index (χ3v) is 3.32. The molecule has 1 unspecified atom stereocenters. The maximum Gasteiger partial charge on any atom is 0.305 e. The van der Waals surface area contributed by atoms with Gasteiger partial charge in [0.05, 0.1) is 12.1 Å². The highest BCUT2D eigenvalue weighted by atomic mass is 32.1. The number of thiocarbonyl (C=S) groups is 1. The summed E-state index contributed by atoms with van der Waals surface area (Å²) in [5.41, 5.74) is 5.66. The van der Waals surface area contributed by atoms with Crippen LogP contribution in [0.4, 0.5) is 0 Å². The quantitative estimate of drug-likeness (QED) is 0.576. The van der Waals surface area contributed by atoms with Gasteiger partial charge in [-0.15, -0.1) is 0 Å². The molecule has 0 radical (unpaired) electrons. The summed E-state index contributed by atoms with van der Waals surface area (Å²) in [6.45, 7) is 2.95. The lowest BCUT2D eigenvalue weighted by Crippen LogP contribution is -2.40. The Labute approximate surface area is 102 Å². The van der Waals surface area contributed by atoms with Gasteiger partial charge in [-0.1, -0.05) is 12.2 Å². The number of rotatable bonds is 5. The minimum atomic E-state index is -0.136. The molecule has 1 aliphatic rings. The van der Waals surface area contributed by atoms with E-state index in [-0.39, 0.29) is 5.97 Å². The van der Waals surface area contributed by atoms with Crippen molar-refractivity contribution in [1.82, 2.24) is 4.90 Å². The number of esters is 1. The standard InChI is InChI=1S/C11H20N2O2S/c1-15-10(14)5-3-7-13-6-2-4-9(8-13)11(12)16/h9H,2-8H2,1H3,(H2,12,16). The number of hydrogen-bond donors (Lipinski definition) is 1. The molecule has 0 aromatic carbocycles. The Morgan fingerprint density at radius 3 is 3.00 bits per heavy atom. The van der Waals surface area contributed by atoms with E-state index in [9.17, 15) is 4.79 Å². The second-order valence-electron chi connectivity index (χ2n) is 4.22. The van der Waals surface area contributed by atoms with E-state index in [1.54, 1.807) is 0 Å². The Balaban J connectivity index is 2.21. The molecule has 16 heavy (non-hydrogen) atoms. The first-order valence-electron chi connectivity index (χ1n) is 5.72. The van der Waals surface area contributed by atoms with Crippen LogP contribution in [-0.4, -0.2) is 42.6 Å². The molecule has 0 saturated carbocycles. The maximum atomic E-state index is 10.9. The topological polar surface area (TPSA) is 55.6 Å². The van der Waals surface area contributed by atoms with E-state index >= 15 is 0 Å². The van der Waals surface area contributed by atoms with Crippen LogP contribution in [-0.2, 0) is 9.53 Å². The average molecular weight is 244 g/mol. The van der Waals surface area contributed by atoms with Crippen LogP contribution in [0.3, 0.4) is 0 Å². The Kier molecular flexibility index (Phi) is 5.69. The lowest BCUT2D eigenvalue weighted by molar-refractivity contribution is -0.140. The summed E-state index contributed by atoms with van der Waals surface area (Å²) in [6, 6.07) is 0. The lowest BCUT2D eigenvalue weighted by atomic mass is 9.98. The predicted molar refractivity (Wildman–Crippen MR) is 67.2 cm³/mol. The molecule has 0 bridgehead atoms. The van der Waals surface area contributed by atoms with Gasteiger partial charge in [0.15, 0.2) is 0 Å². The van der Waals surface area contributed by atoms with E-state index in [1.165, 1.54) is 7.11 Å². The van der Waals surface area contributed by atoms with Gasteiger partial charge in [0.2, 0.25) is 0 Å². The van der Waals surface area contributed by atoms with Gasteiger partial charge in [0.1, 0.15) is 0 Å². The average Bonchev–Trinajstić information content (AvgIpc) is 2.29. The van der Waals surface area contributed by atoms with Crippen molar-refractivity contribution in [3.8, 4) is 0 Å². The monoisotopic (exact) mass is 244 g/mol. The summed E-state index contributed by atoms with van der Waals surface area (Å²) in [6.07, 6.45) is 3.57. The van der Waals surface area contributed by atoms with Crippen LogP contribution in [0.25, 0.3) is 0 Å². The number of nitrogens with zero attached hydrogens (tertiary/aromatic N) is 1. The lowest BCUT2D eigenvalue weighted by Gasteiger charge is -2.31. The number of likely N-dealkylation sites (tertiary alicyclic amines) is 1. The Bertz CT molecular complexity index is 258. The first kappa shape index (κ1) is 13.4. The fraction of sp³-hybridized carbons (Fsp3) is 0.818. The Morgan fingerprint density at radius 1 is 1.62 bits per heavy atom. The molecule has 0 aromatic heterocycles. The zero-order valence-electron chi connectivity index (χ0n) is 9.78. The second kappa shape index (κ2) is 6.81. The minimum Gasteiger partial charge on any atom is -0.469 e. The zero-order valence-corrected chi connectivity index (χ0v) is 10.6. The summed E-state index contributed by atoms with van der Waals surface area (Å²) in [4.78, 5) is 13.9. The SMILES string of the molecule is COC(=O)CCCN1CCCC(C(N)=S)C1. The highest BCUT2D eigenvalue weighted by Crippen LogP contribution is 2.17. The van der Waals surface area contributed by atoms with Gasteiger partial charge < -0.3 is 15.4 Å². The molecule has 2 N–H and O–H groups in total. The molecule has 0 aromatic rings. The summed E-state index contributed by atoms with van der Waals surface area (Å²) in [5.74, 6) is 0.213. The van der Waals surface area contributed by atoms with Gasteiger partial charge in [-0.05, 0) is 32.4 Å². The van der Waals surface area contributed by atoms with Crippen LogP contribution in [0.15, 0.2) is 0 Å². The molecule has 1 rings (SSSR count). The number of methoxy groups -OCH3 is 1. The van der Waals surface area contributed by atoms with Gasteiger partial charge in [0, 0.05) is 18.9 Å². The largest absolute Gasteiger partial charge is 0.469 e. The third kappa shape index (κ3) is 4.45. The predicted octanol–water partition coefficient (Wildman–Crippen LogP) is 0.938. The molecule has 1 fully saturated rings. The highest BCUT2D eigenvalue weighted by molar-refractivity contribution is 7.80. The number of hydrogen-bond acceptors (Lipinski definition) is 4. The summed E-state index contributed by atoms with van der Waals surface area (Å²) in [5, 5.41) is 0. The van der Waals surface area contributed by atoms with Crippen molar-refractivity contribution in [2.45, 2.75) is 25.7 Å². The van der Waals surface area contributed by atoms with Crippen LogP contribution >= 0.6 is 12.2 Å². The van der Waals surface area contributed by atoms with Crippen LogP contribution in [0.1, 0.15) is 25.7 Å². The van der Waals surface area contributed by atoms with Gasteiger partial charge in [-0.25, -0.2) is 0 Å². The van der Waals surface area contributed by atoms with Gasteiger partial charge >= 0.3 is 5.97 Å². The van der Waals surface area contributed by atoms with E-state index in [4.69, 9.17) is 18.0 Å². The number of carbonyl (C=O) groups is 1. The first-order chi connectivity index (χ1) is 7.63. The molecule has 0 spiro atoms. The molecule has 92 valence electrons. The molecule has 1 atom stereocenters. The van der Waals surface area contributed by atoms with E-state index in [0.717, 1.165) is 38.9 Å². The summed E-state index contributed by atoms with van der Waals surface area (Å²) < 4.78 is 4.60. The number of ether oxygens (including phenoxy) is 1. The van der Waals surface area contributed by atoms with Crippen molar-refractivity contribution in [2.75, 3.05) is 26.7 Å². The van der Waals surface area contributed by atoms with E-state index in [0.29, 0.717) is 17.3 Å². The van der Waals surface area contributed by atoms with Crippen LogP contribution in [0, 0.1) is 5.92 Å². The smallest absolute Gasteiger partial charge is 0.305 e. The second-order valence-corrected chi connectivity index (χ2v) is 4.69. The summed E-state index contributed by atoms with van der Waals surface area (Å²) in [7, 11) is 1.42. The van der Waals surface area contributed by atoms with E-state index in [2.05, 4.69) is 9.64 Å². The van der Waals surface area contributed by atoms with Crippen molar-refractivity contribution in [1.29, 1.82) is 0 Å². The third-order valence-electron chi connectivity index (χ3n) is 2.99. The molecule has 1 aliphatic heterocycles.